The summed E-state index contributed by atoms with van der Waals surface area (Å²) in [5.74, 6) is 0. The van der Waals surface area contributed by atoms with E-state index in [1.165, 1.54) is 12.1 Å². The summed E-state index contributed by atoms with van der Waals surface area (Å²) in [5.41, 5.74) is 3.37. The van der Waals surface area contributed by atoms with E-state index in [2.05, 4.69) is 5.32 Å². The van der Waals surface area contributed by atoms with Crippen molar-refractivity contribution < 1.29 is 13.0 Å². The van der Waals surface area contributed by atoms with Gasteiger partial charge in [-0.3, -0.25) is 4.55 Å². The van der Waals surface area contributed by atoms with Gasteiger partial charge >= 0.3 is 0 Å². The van der Waals surface area contributed by atoms with Gasteiger partial charge in [-0.15, -0.1) is 0 Å². The standard InChI is InChI=1S/C22H17NO3S/c24-27(25,26)19-11-6-8-17(15-19)21-14-13-16-7-4-5-12-20(16)22(21)23-18-9-2-1-3-10-18/h1-15,23H,(H,24,25,26). The molecule has 0 amide bonds. The molecule has 4 aromatic carbocycles. The van der Waals surface area contributed by atoms with Gasteiger partial charge in [0.15, 0.2) is 0 Å². The molecule has 134 valence electrons. The molecule has 27 heavy (non-hydrogen) atoms. The SMILES string of the molecule is O=S(=O)(O)c1cccc(-c2ccc3ccccc3c2Nc2ccccc2)c1. The van der Waals surface area contributed by atoms with Gasteiger partial charge in [-0.05, 0) is 35.2 Å². The highest BCUT2D eigenvalue weighted by Gasteiger charge is 2.14. The number of fused-ring (bicyclic) bond motifs is 1. The molecule has 2 N–H and O–H groups in total. The lowest BCUT2D eigenvalue weighted by Crippen LogP contribution is -1.99. The molecule has 0 aliphatic heterocycles. The molecule has 0 saturated heterocycles. The lowest BCUT2D eigenvalue weighted by atomic mass is 9.98. The second-order valence-electron chi connectivity index (χ2n) is 6.20. The Balaban J connectivity index is 1.94. The van der Waals surface area contributed by atoms with E-state index in [1.807, 2.05) is 72.8 Å². The van der Waals surface area contributed by atoms with Crippen LogP contribution in [0.1, 0.15) is 0 Å². The Morgan fingerprint density at radius 1 is 0.741 bits per heavy atom. The first-order valence-corrected chi connectivity index (χ1v) is 9.88. The Hall–Kier alpha value is -3.15. The Morgan fingerprint density at radius 2 is 1.48 bits per heavy atom. The minimum atomic E-state index is -4.27. The van der Waals surface area contributed by atoms with E-state index < -0.39 is 10.1 Å². The van der Waals surface area contributed by atoms with E-state index in [0.29, 0.717) is 5.56 Å². The maximum atomic E-state index is 11.5. The Labute approximate surface area is 157 Å². The predicted molar refractivity (Wildman–Crippen MR) is 109 cm³/mol. The monoisotopic (exact) mass is 375 g/mol. The molecule has 0 unspecified atom stereocenters. The molecule has 4 aromatic rings. The summed E-state index contributed by atoms with van der Waals surface area (Å²) in [5, 5.41) is 5.56. The molecule has 0 saturated carbocycles. The number of para-hydroxylation sites is 1. The number of hydrogen-bond acceptors (Lipinski definition) is 3. The fraction of sp³-hybridized carbons (Fsp3) is 0. The quantitative estimate of drug-likeness (QED) is 0.462. The van der Waals surface area contributed by atoms with Crippen molar-refractivity contribution in [3.05, 3.63) is 91.0 Å². The molecule has 0 aliphatic rings. The van der Waals surface area contributed by atoms with Crippen LogP contribution in [0.15, 0.2) is 95.9 Å². The number of nitrogens with one attached hydrogen (secondary N) is 1. The minimum absolute atomic E-state index is 0.126. The summed E-state index contributed by atoms with van der Waals surface area (Å²) in [7, 11) is -4.27. The molecule has 0 radical (unpaired) electrons. The van der Waals surface area contributed by atoms with Crippen LogP contribution in [-0.4, -0.2) is 13.0 Å². The zero-order valence-electron chi connectivity index (χ0n) is 14.3. The lowest BCUT2D eigenvalue weighted by Gasteiger charge is -2.16. The number of benzene rings is 4. The molecule has 4 nitrogen and oxygen atoms in total. The van der Waals surface area contributed by atoms with Crippen molar-refractivity contribution >= 4 is 32.3 Å². The number of rotatable bonds is 4. The molecule has 4 rings (SSSR count). The van der Waals surface area contributed by atoms with Gasteiger partial charge in [-0.25, -0.2) is 0 Å². The highest BCUT2D eigenvalue weighted by Crippen LogP contribution is 2.37. The lowest BCUT2D eigenvalue weighted by molar-refractivity contribution is 0.483. The van der Waals surface area contributed by atoms with Crippen LogP contribution in [0, 0.1) is 0 Å². The summed E-state index contributed by atoms with van der Waals surface area (Å²) >= 11 is 0. The summed E-state index contributed by atoms with van der Waals surface area (Å²) < 4.78 is 32.5. The minimum Gasteiger partial charge on any atom is -0.355 e. The zero-order chi connectivity index (χ0) is 18.9. The molecule has 0 bridgehead atoms. The van der Waals surface area contributed by atoms with Crippen molar-refractivity contribution in [1.82, 2.24) is 0 Å². The van der Waals surface area contributed by atoms with E-state index in [9.17, 15) is 13.0 Å². The van der Waals surface area contributed by atoms with E-state index in [-0.39, 0.29) is 4.90 Å². The zero-order valence-corrected chi connectivity index (χ0v) is 15.1. The van der Waals surface area contributed by atoms with Gasteiger partial charge in [-0.1, -0.05) is 66.7 Å². The molecule has 0 fully saturated rings. The largest absolute Gasteiger partial charge is 0.355 e. The van der Waals surface area contributed by atoms with Crippen LogP contribution in [-0.2, 0) is 10.1 Å². The normalized spacial score (nSPS) is 11.4. The van der Waals surface area contributed by atoms with Crippen LogP contribution in [0.2, 0.25) is 0 Å². The molecule has 0 aromatic heterocycles. The third kappa shape index (κ3) is 3.56. The van der Waals surface area contributed by atoms with Crippen molar-refractivity contribution in [3.63, 3.8) is 0 Å². The Bertz CT molecular complexity index is 1220. The van der Waals surface area contributed by atoms with Crippen molar-refractivity contribution in [2.24, 2.45) is 0 Å². The highest BCUT2D eigenvalue weighted by atomic mass is 32.2. The van der Waals surface area contributed by atoms with Crippen molar-refractivity contribution in [3.8, 4) is 11.1 Å². The summed E-state index contributed by atoms with van der Waals surface area (Å²) in [6, 6.07) is 28.1. The van der Waals surface area contributed by atoms with Gasteiger partial charge in [0.2, 0.25) is 0 Å². The van der Waals surface area contributed by atoms with E-state index in [0.717, 1.165) is 27.7 Å². The van der Waals surface area contributed by atoms with Gasteiger partial charge in [0.05, 0.1) is 10.6 Å². The second-order valence-corrected chi connectivity index (χ2v) is 7.62. The predicted octanol–water partition coefficient (Wildman–Crippen LogP) is 5.50. The maximum absolute atomic E-state index is 11.5. The van der Waals surface area contributed by atoms with Crippen molar-refractivity contribution in [2.75, 3.05) is 5.32 Å². The Kier molecular flexibility index (Phi) is 4.39. The third-order valence-electron chi connectivity index (χ3n) is 4.42. The van der Waals surface area contributed by atoms with Crippen LogP contribution >= 0.6 is 0 Å². The fourth-order valence-corrected chi connectivity index (χ4v) is 3.66. The van der Waals surface area contributed by atoms with Crippen molar-refractivity contribution in [1.29, 1.82) is 0 Å². The van der Waals surface area contributed by atoms with Crippen LogP contribution in [0.4, 0.5) is 11.4 Å². The summed E-state index contributed by atoms with van der Waals surface area (Å²) in [6.45, 7) is 0. The molecule has 0 spiro atoms. The van der Waals surface area contributed by atoms with Crippen LogP contribution in [0.3, 0.4) is 0 Å². The first kappa shape index (κ1) is 17.3. The molecular formula is C22H17NO3S. The van der Waals surface area contributed by atoms with Gasteiger partial charge in [0.25, 0.3) is 10.1 Å². The molecule has 0 heterocycles. The number of hydrogen-bond donors (Lipinski definition) is 2. The van der Waals surface area contributed by atoms with Gasteiger partial charge in [0.1, 0.15) is 0 Å². The maximum Gasteiger partial charge on any atom is 0.294 e. The molecule has 0 aliphatic carbocycles. The molecule has 0 atom stereocenters. The van der Waals surface area contributed by atoms with E-state index >= 15 is 0 Å². The van der Waals surface area contributed by atoms with E-state index in [4.69, 9.17) is 0 Å². The third-order valence-corrected chi connectivity index (χ3v) is 5.26. The van der Waals surface area contributed by atoms with Crippen LogP contribution < -0.4 is 5.32 Å². The summed E-state index contributed by atoms with van der Waals surface area (Å²) in [4.78, 5) is -0.126. The molecule has 5 heteroatoms. The molecular weight excluding hydrogens is 358 g/mol. The first-order valence-electron chi connectivity index (χ1n) is 8.44. The second kappa shape index (κ2) is 6.87. The average Bonchev–Trinajstić information content (AvgIpc) is 2.68. The average molecular weight is 375 g/mol. The smallest absolute Gasteiger partial charge is 0.294 e. The van der Waals surface area contributed by atoms with Gasteiger partial charge in [0, 0.05) is 16.6 Å². The van der Waals surface area contributed by atoms with Gasteiger partial charge < -0.3 is 5.32 Å². The van der Waals surface area contributed by atoms with Crippen molar-refractivity contribution in [2.45, 2.75) is 4.90 Å². The Morgan fingerprint density at radius 3 is 2.26 bits per heavy atom. The number of anilines is 2. The topological polar surface area (TPSA) is 66.4 Å². The highest BCUT2D eigenvalue weighted by molar-refractivity contribution is 7.85. The first-order chi connectivity index (χ1) is 13.0. The fourth-order valence-electron chi connectivity index (χ4n) is 3.14. The van der Waals surface area contributed by atoms with Gasteiger partial charge in [-0.2, -0.15) is 8.42 Å². The van der Waals surface area contributed by atoms with Crippen LogP contribution in [0.5, 0.6) is 0 Å². The summed E-state index contributed by atoms with van der Waals surface area (Å²) in [6.07, 6.45) is 0. The van der Waals surface area contributed by atoms with E-state index in [1.54, 1.807) is 6.07 Å². The van der Waals surface area contributed by atoms with Crippen LogP contribution in [0.25, 0.3) is 21.9 Å².